The summed E-state index contributed by atoms with van der Waals surface area (Å²) < 4.78 is 17.0. The highest BCUT2D eigenvalue weighted by Gasteiger charge is 2.45. The lowest BCUT2D eigenvalue weighted by Gasteiger charge is -2.40. The second kappa shape index (κ2) is 7.04. The van der Waals surface area contributed by atoms with Crippen LogP contribution in [0.2, 0.25) is 18.1 Å². The molecule has 1 fully saturated rings. The van der Waals surface area contributed by atoms with E-state index in [-0.39, 0.29) is 23.5 Å². The van der Waals surface area contributed by atoms with Crippen LogP contribution in [0.5, 0.6) is 0 Å². The number of alkyl carbamates (subject to hydrolysis) is 1. The van der Waals surface area contributed by atoms with Gasteiger partial charge < -0.3 is 19.2 Å². The second-order valence-corrected chi connectivity index (χ2v) is 13.8. The maximum absolute atomic E-state index is 12.0. The molecular weight excluding hydrogens is 326 g/mol. The van der Waals surface area contributed by atoms with E-state index in [0.29, 0.717) is 0 Å². The fourth-order valence-electron chi connectivity index (χ4n) is 2.30. The van der Waals surface area contributed by atoms with Crippen LogP contribution < -0.4 is 5.32 Å². The SMILES string of the molecule is C[C@H](O[Si](C)(C)C(C)(C)C)[C@H]1OC(=O)C[C@@H]1NC(=O)OC(C)(C)C. The van der Waals surface area contributed by atoms with Crippen LogP contribution in [0.1, 0.15) is 54.9 Å². The first kappa shape index (κ1) is 21.0. The molecule has 0 aromatic heterocycles. The van der Waals surface area contributed by atoms with Crippen LogP contribution >= 0.6 is 0 Å². The summed E-state index contributed by atoms with van der Waals surface area (Å²) in [6.45, 7) is 18.0. The Morgan fingerprint density at radius 2 is 1.79 bits per heavy atom. The number of nitrogens with one attached hydrogen (secondary N) is 1. The van der Waals surface area contributed by atoms with E-state index in [1.54, 1.807) is 20.8 Å². The zero-order valence-corrected chi connectivity index (χ0v) is 17.5. The van der Waals surface area contributed by atoms with Gasteiger partial charge in [0.25, 0.3) is 0 Å². The molecule has 0 aliphatic carbocycles. The van der Waals surface area contributed by atoms with Crippen molar-refractivity contribution < 1.29 is 23.5 Å². The number of amides is 1. The van der Waals surface area contributed by atoms with E-state index >= 15 is 0 Å². The average molecular weight is 360 g/mol. The Morgan fingerprint density at radius 3 is 2.25 bits per heavy atom. The van der Waals surface area contributed by atoms with Gasteiger partial charge in [-0.15, -0.1) is 0 Å². The summed E-state index contributed by atoms with van der Waals surface area (Å²) in [6, 6.07) is -0.438. The van der Waals surface area contributed by atoms with E-state index < -0.39 is 32.2 Å². The van der Waals surface area contributed by atoms with Gasteiger partial charge in [-0.3, -0.25) is 4.79 Å². The van der Waals surface area contributed by atoms with Crippen molar-refractivity contribution in [1.82, 2.24) is 5.32 Å². The third kappa shape index (κ3) is 5.77. The Labute approximate surface area is 146 Å². The molecule has 0 aromatic carbocycles. The molecule has 1 saturated heterocycles. The first-order valence-corrected chi connectivity index (χ1v) is 11.4. The van der Waals surface area contributed by atoms with Crippen LogP contribution in [0.3, 0.4) is 0 Å². The molecule has 0 saturated carbocycles. The van der Waals surface area contributed by atoms with Crippen molar-refractivity contribution in [3.05, 3.63) is 0 Å². The maximum atomic E-state index is 12.0. The van der Waals surface area contributed by atoms with Gasteiger partial charge in [0, 0.05) is 0 Å². The molecule has 1 N–H and O–H groups in total. The van der Waals surface area contributed by atoms with Crippen molar-refractivity contribution in [2.24, 2.45) is 0 Å². The summed E-state index contributed by atoms with van der Waals surface area (Å²) in [4.78, 5) is 23.7. The minimum Gasteiger partial charge on any atom is -0.457 e. The van der Waals surface area contributed by atoms with Gasteiger partial charge in [-0.25, -0.2) is 4.79 Å². The van der Waals surface area contributed by atoms with E-state index in [4.69, 9.17) is 13.9 Å². The number of ether oxygens (including phenoxy) is 2. The molecule has 1 amide bonds. The lowest BCUT2D eigenvalue weighted by atomic mass is 10.1. The van der Waals surface area contributed by atoms with E-state index in [2.05, 4.69) is 39.2 Å². The highest BCUT2D eigenvalue weighted by Crippen LogP contribution is 2.38. The zero-order chi connectivity index (χ0) is 18.9. The van der Waals surface area contributed by atoms with Crippen molar-refractivity contribution >= 4 is 20.4 Å². The van der Waals surface area contributed by atoms with E-state index in [9.17, 15) is 9.59 Å². The Morgan fingerprint density at radius 1 is 1.25 bits per heavy atom. The number of rotatable bonds is 4. The Hall–Kier alpha value is -1.08. The van der Waals surface area contributed by atoms with Gasteiger partial charge in [-0.1, -0.05) is 20.8 Å². The smallest absolute Gasteiger partial charge is 0.408 e. The van der Waals surface area contributed by atoms with Crippen LogP contribution in [-0.4, -0.2) is 44.2 Å². The summed E-state index contributed by atoms with van der Waals surface area (Å²) >= 11 is 0. The summed E-state index contributed by atoms with van der Waals surface area (Å²) in [5.41, 5.74) is -0.591. The van der Waals surface area contributed by atoms with Gasteiger partial charge >= 0.3 is 12.1 Å². The number of carbonyl (C=O) groups excluding carboxylic acids is 2. The molecule has 0 spiro atoms. The Balaban J connectivity index is 2.77. The molecule has 0 bridgehead atoms. The highest BCUT2D eigenvalue weighted by molar-refractivity contribution is 6.74. The number of esters is 1. The highest BCUT2D eigenvalue weighted by atomic mass is 28.4. The van der Waals surface area contributed by atoms with Crippen LogP contribution in [0.15, 0.2) is 0 Å². The molecule has 1 rings (SSSR count). The first-order chi connectivity index (χ1) is 10.6. The predicted molar refractivity (Wildman–Crippen MR) is 95.4 cm³/mol. The fraction of sp³-hybridized carbons (Fsp3) is 0.882. The molecular formula is C17H33NO5Si. The number of carbonyl (C=O) groups is 2. The summed E-state index contributed by atoms with van der Waals surface area (Å²) in [7, 11) is -2.00. The van der Waals surface area contributed by atoms with Crippen molar-refractivity contribution in [2.75, 3.05) is 0 Å². The Bertz CT molecular complexity index is 478. The van der Waals surface area contributed by atoms with Gasteiger partial charge in [0.15, 0.2) is 8.32 Å². The molecule has 1 aliphatic heterocycles. The molecule has 1 heterocycles. The minimum absolute atomic E-state index is 0.0535. The number of cyclic esters (lactones) is 1. The van der Waals surface area contributed by atoms with Crippen molar-refractivity contribution in [2.45, 2.75) is 96.9 Å². The van der Waals surface area contributed by atoms with Gasteiger partial charge in [0.2, 0.25) is 0 Å². The summed E-state index contributed by atoms with van der Waals surface area (Å²) in [6.07, 6.45) is -1.21. The molecule has 6 nitrogen and oxygen atoms in total. The molecule has 0 radical (unpaired) electrons. The molecule has 7 heteroatoms. The summed E-state index contributed by atoms with van der Waals surface area (Å²) in [5, 5.41) is 2.80. The molecule has 0 aromatic rings. The Kier molecular flexibility index (Phi) is 6.14. The molecule has 1 aliphatic rings. The lowest BCUT2D eigenvalue weighted by molar-refractivity contribution is -0.144. The van der Waals surface area contributed by atoms with E-state index in [1.807, 2.05) is 6.92 Å². The predicted octanol–water partition coefficient (Wildman–Crippen LogP) is 3.61. The quantitative estimate of drug-likeness (QED) is 0.613. The van der Waals surface area contributed by atoms with Crippen molar-refractivity contribution in [1.29, 1.82) is 0 Å². The van der Waals surface area contributed by atoms with E-state index in [1.165, 1.54) is 0 Å². The van der Waals surface area contributed by atoms with Crippen molar-refractivity contribution in [3.63, 3.8) is 0 Å². The third-order valence-electron chi connectivity index (χ3n) is 4.50. The van der Waals surface area contributed by atoms with Gasteiger partial charge in [-0.2, -0.15) is 0 Å². The standard InChI is InChI=1S/C17H33NO5Si/c1-11(23-24(8,9)17(5,6)7)14-12(10-13(19)21-14)18-15(20)22-16(2,3)4/h11-12,14H,10H2,1-9H3,(H,18,20)/t11-,12-,14+/m0/s1. The largest absolute Gasteiger partial charge is 0.457 e. The lowest BCUT2D eigenvalue weighted by Crippen LogP contribution is -2.51. The zero-order valence-electron chi connectivity index (χ0n) is 16.5. The second-order valence-electron chi connectivity index (χ2n) is 8.99. The average Bonchev–Trinajstić information content (AvgIpc) is 2.65. The van der Waals surface area contributed by atoms with Crippen LogP contribution in [0, 0.1) is 0 Å². The monoisotopic (exact) mass is 359 g/mol. The van der Waals surface area contributed by atoms with Crippen LogP contribution in [0.4, 0.5) is 4.79 Å². The maximum Gasteiger partial charge on any atom is 0.408 e. The minimum atomic E-state index is -2.00. The van der Waals surface area contributed by atoms with E-state index in [0.717, 1.165) is 0 Å². The van der Waals surface area contributed by atoms with Gasteiger partial charge in [0.05, 0.1) is 18.6 Å². The van der Waals surface area contributed by atoms with Crippen LogP contribution in [0.25, 0.3) is 0 Å². The third-order valence-corrected chi connectivity index (χ3v) is 9.08. The van der Waals surface area contributed by atoms with Crippen molar-refractivity contribution in [3.8, 4) is 0 Å². The fourth-order valence-corrected chi connectivity index (χ4v) is 3.72. The topological polar surface area (TPSA) is 73.9 Å². The summed E-state index contributed by atoms with van der Waals surface area (Å²) in [5.74, 6) is -0.327. The molecule has 24 heavy (non-hydrogen) atoms. The molecule has 140 valence electrons. The molecule has 0 unspecified atom stereocenters. The number of hydrogen-bond acceptors (Lipinski definition) is 5. The van der Waals surface area contributed by atoms with Gasteiger partial charge in [-0.05, 0) is 45.8 Å². The van der Waals surface area contributed by atoms with Gasteiger partial charge in [0.1, 0.15) is 11.7 Å². The van der Waals surface area contributed by atoms with Crippen LogP contribution in [-0.2, 0) is 18.7 Å². The molecule has 3 atom stereocenters. The number of hydrogen-bond donors (Lipinski definition) is 1. The first-order valence-electron chi connectivity index (χ1n) is 8.49. The normalized spacial score (nSPS) is 23.6.